The van der Waals surface area contributed by atoms with Gasteiger partial charge in [0, 0.05) is 17.8 Å². The number of hydrogen-bond donors (Lipinski definition) is 3. The molecule has 1 aliphatic carbocycles. The lowest BCUT2D eigenvalue weighted by molar-refractivity contribution is 0.0697. The molecule has 5 nitrogen and oxygen atoms in total. The molecule has 0 heterocycles. The van der Waals surface area contributed by atoms with Gasteiger partial charge in [-0.15, -0.1) is 0 Å². The number of rotatable bonds is 6. The summed E-state index contributed by atoms with van der Waals surface area (Å²) in [5.74, 6) is 0.176. The highest BCUT2D eigenvalue weighted by atomic mass is 32.2. The highest BCUT2D eigenvalue weighted by Crippen LogP contribution is 2.28. The van der Waals surface area contributed by atoms with Gasteiger partial charge >= 0.3 is 12.0 Å². The number of carboxylic acids is 1. The van der Waals surface area contributed by atoms with Gasteiger partial charge in [-0.25, -0.2) is 9.59 Å². The van der Waals surface area contributed by atoms with Gasteiger partial charge in [-0.2, -0.15) is 11.8 Å². The Morgan fingerprint density at radius 2 is 2.00 bits per heavy atom. The molecule has 1 aliphatic rings. The minimum atomic E-state index is -0.945. The van der Waals surface area contributed by atoms with Gasteiger partial charge in [-0.1, -0.05) is 25.5 Å². The van der Waals surface area contributed by atoms with Crippen LogP contribution in [0.15, 0.2) is 24.3 Å². The SMILES string of the molecule is CCSC1CCCC(NC(=O)NCc2ccc(C(=O)O)cc2)C1. The topological polar surface area (TPSA) is 78.4 Å². The molecular weight excluding hydrogens is 312 g/mol. The Labute approximate surface area is 141 Å². The molecule has 6 heteroatoms. The van der Waals surface area contributed by atoms with Crippen LogP contribution in [0.4, 0.5) is 4.79 Å². The summed E-state index contributed by atoms with van der Waals surface area (Å²) in [7, 11) is 0. The smallest absolute Gasteiger partial charge is 0.335 e. The first-order chi connectivity index (χ1) is 11.1. The molecule has 2 rings (SSSR count). The molecule has 23 heavy (non-hydrogen) atoms. The fraction of sp³-hybridized carbons (Fsp3) is 0.529. The van der Waals surface area contributed by atoms with Crippen molar-refractivity contribution in [2.75, 3.05) is 5.75 Å². The van der Waals surface area contributed by atoms with E-state index in [9.17, 15) is 9.59 Å². The van der Waals surface area contributed by atoms with Crippen LogP contribution in [0.2, 0.25) is 0 Å². The minimum absolute atomic E-state index is 0.153. The first-order valence-electron chi connectivity index (χ1n) is 8.06. The maximum Gasteiger partial charge on any atom is 0.335 e. The van der Waals surface area contributed by atoms with E-state index in [0.29, 0.717) is 11.8 Å². The van der Waals surface area contributed by atoms with Crippen LogP contribution < -0.4 is 10.6 Å². The molecule has 2 unspecified atom stereocenters. The summed E-state index contributed by atoms with van der Waals surface area (Å²) >= 11 is 1.98. The zero-order valence-corrected chi connectivity index (χ0v) is 14.2. The van der Waals surface area contributed by atoms with Crippen molar-refractivity contribution in [2.45, 2.75) is 50.4 Å². The summed E-state index contributed by atoms with van der Waals surface area (Å²) in [6.45, 7) is 2.57. The second kappa shape index (κ2) is 8.82. The second-order valence-electron chi connectivity index (χ2n) is 5.77. The highest BCUT2D eigenvalue weighted by molar-refractivity contribution is 7.99. The van der Waals surface area contributed by atoms with E-state index < -0.39 is 5.97 Å². The summed E-state index contributed by atoms with van der Waals surface area (Å²) in [5.41, 5.74) is 1.13. The monoisotopic (exact) mass is 336 g/mol. The minimum Gasteiger partial charge on any atom is -0.478 e. The standard InChI is InChI=1S/C17H24N2O3S/c1-2-23-15-5-3-4-14(10-15)19-17(22)18-11-12-6-8-13(9-7-12)16(20)21/h6-9,14-15H,2-5,10-11H2,1H3,(H,20,21)(H2,18,19,22). The van der Waals surface area contributed by atoms with E-state index in [1.165, 1.54) is 12.8 Å². The van der Waals surface area contributed by atoms with Crippen molar-refractivity contribution in [3.05, 3.63) is 35.4 Å². The van der Waals surface area contributed by atoms with Crippen molar-refractivity contribution in [3.8, 4) is 0 Å². The van der Waals surface area contributed by atoms with Crippen molar-refractivity contribution in [1.29, 1.82) is 0 Å². The molecular formula is C17H24N2O3S. The van der Waals surface area contributed by atoms with Crippen molar-refractivity contribution in [2.24, 2.45) is 0 Å². The molecule has 3 N–H and O–H groups in total. The Kier molecular flexibility index (Phi) is 6.77. The van der Waals surface area contributed by atoms with E-state index in [1.807, 2.05) is 11.8 Å². The van der Waals surface area contributed by atoms with Crippen LogP contribution in [0.3, 0.4) is 0 Å². The lowest BCUT2D eigenvalue weighted by Crippen LogP contribution is -2.44. The molecule has 0 saturated heterocycles. The van der Waals surface area contributed by atoms with E-state index in [4.69, 9.17) is 5.11 Å². The molecule has 2 atom stereocenters. The van der Waals surface area contributed by atoms with E-state index in [-0.39, 0.29) is 17.6 Å². The van der Waals surface area contributed by atoms with Crippen LogP contribution >= 0.6 is 11.8 Å². The summed E-state index contributed by atoms with van der Waals surface area (Å²) in [6.07, 6.45) is 4.49. The van der Waals surface area contributed by atoms with Gasteiger partial charge < -0.3 is 15.7 Å². The van der Waals surface area contributed by atoms with Crippen molar-refractivity contribution < 1.29 is 14.7 Å². The third-order valence-electron chi connectivity index (χ3n) is 4.02. The molecule has 0 bridgehead atoms. The Balaban J connectivity index is 1.75. The second-order valence-corrected chi connectivity index (χ2v) is 7.35. The van der Waals surface area contributed by atoms with Gasteiger partial charge in [0.05, 0.1) is 5.56 Å². The van der Waals surface area contributed by atoms with Gasteiger partial charge in [-0.3, -0.25) is 0 Å². The van der Waals surface area contributed by atoms with E-state index >= 15 is 0 Å². The largest absolute Gasteiger partial charge is 0.478 e. The number of urea groups is 1. The number of amides is 2. The van der Waals surface area contributed by atoms with Crippen molar-refractivity contribution >= 4 is 23.8 Å². The van der Waals surface area contributed by atoms with Crippen LogP contribution in [0.25, 0.3) is 0 Å². The van der Waals surface area contributed by atoms with Crippen LogP contribution in [0.1, 0.15) is 48.5 Å². The van der Waals surface area contributed by atoms with E-state index in [0.717, 1.165) is 24.2 Å². The molecule has 0 aromatic heterocycles. The van der Waals surface area contributed by atoms with Crippen LogP contribution in [-0.2, 0) is 6.54 Å². The fourth-order valence-electron chi connectivity index (χ4n) is 2.85. The number of benzene rings is 1. The molecule has 1 aromatic rings. The molecule has 2 amide bonds. The third kappa shape index (κ3) is 5.78. The van der Waals surface area contributed by atoms with Crippen LogP contribution in [-0.4, -0.2) is 34.2 Å². The molecule has 0 spiro atoms. The zero-order chi connectivity index (χ0) is 16.7. The number of carbonyl (C=O) groups excluding carboxylic acids is 1. The van der Waals surface area contributed by atoms with Crippen LogP contribution in [0, 0.1) is 0 Å². The molecule has 126 valence electrons. The Morgan fingerprint density at radius 3 is 2.65 bits per heavy atom. The van der Waals surface area contributed by atoms with Gasteiger partial charge in [0.1, 0.15) is 0 Å². The summed E-state index contributed by atoms with van der Waals surface area (Å²) < 4.78 is 0. The average Bonchev–Trinajstić information content (AvgIpc) is 2.54. The van der Waals surface area contributed by atoms with Gasteiger partial charge in [0.2, 0.25) is 0 Å². The number of hydrogen-bond acceptors (Lipinski definition) is 3. The maximum absolute atomic E-state index is 12.0. The number of aromatic carboxylic acids is 1. The summed E-state index contributed by atoms with van der Waals surface area (Å²) in [6, 6.07) is 6.63. The van der Waals surface area contributed by atoms with Crippen LogP contribution in [0.5, 0.6) is 0 Å². The zero-order valence-electron chi connectivity index (χ0n) is 13.4. The molecule has 0 radical (unpaired) electrons. The Hall–Kier alpha value is -1.69. The summed E-state index contributed by atoms with van der Waals surface area (Å²) in [5, 5.41) is 15.4. The van der Waals surface area contributed by atoms with E-state index in [1.54, 1.807) is 24.3 Å². The molecule has 1 saturated carbocycles. The first kappa shape index (κ1) is 17.7. The first-order valence-corrected chi connectivity index (χ1v) is 9.11. The lowest BCUT2D eigenvalue weighted by atomic mass is 9.95. The fourth-order valence-corrected chi connectivity index (χ4v) is 4.02. The highest BCUT2D eigenvalue weighted by Gasteiger charge is 2.22. The van der Waals surface area contributed by atoms with Gasteiger partial charge in [-0.05, 0) is 42.7 Å². The Morgan fingerprint density at radius 1 is 1.26 bits per heavy atom. The number of nitrogens with one attached hydrogen (secondary N) is 2. The van der Waals surface area contributed by atoms with Crippen molar-refractivity contribution in [3.63, 3.8) is 0 Å². The lowest BCUT2D eigenvalue weighted by Gasteiger charge is -2.29. The predicted molar refractivity (Wildman–Crippen MR) is 92.9 cm³/mol. The molecule has 0 aliphatic heterocycles. The molecule has 1 aromatic carbocycles. The van der Waals surface area contributed by atoms with Crippen molar-refractivity contribution in [1.82, 2.24) is 10.6 Å². The number of carbonyl (C=O) groups is 2. The quantitative estimate of drug-likeness (QED) is 0.745. The predicted octanol–water partition coefficient (Wildman–Crippen LogP) is 3.25. The third-order valence-corrected chi connectivity index (χ3v) is 5.25. The van der Waals surface area contributed by atoms with Gasteiger partial charge in [0.15, 0.2) is 0 Å². The number of thioether (sulfide) groups is 1. The maximum atomic E-state index is 12.0. The average molecular weight is 336 g/mol. The summed E-state index contributed by atoms with van der Waals surface area (Å²) in [4.78, 5) is 22.8. The molecule has 1 fully saturated rings. The normalized spacial score (nSPS) is 20.7. The number of carboxylic acid groups (broad SMARTS) is 1. The van der Waals surface area contributed by atoms with Gasteiger partial charge in [0.25, 0.3) is 0 Å². The van der Waals surface area contributed by atoms with E-state index in [2.05, 4.69) is 17.6 Å². The Bertz CT molecular complexity index is 531.